The van der Waals surface area contributed by atoms with Crippen molar-refractivity contribution in [3.8, 4) is 0 Å². The van der Waals surface area contributed by atoms with Crippen LogP contribution in [0.25, 0.3) is 0 Å². The van der Waals surface area contributed by atoms with Crippen molar-refractivity contribution in [1.29, 1.82) is 0 Å². The van der Waals surface area contributed by atoms with Crippen molar-refractivity contribution in [2.75, 3.05) is 6.54 Å². The molecule has 0 spiro atoms. The second-order valence-electron chi connectivity index (χ2n) is 5.70. The summed E-state index contributed by atoms with van der Waals surface area (Å²) in [7, 11) is 0. The molecule has 2 amide bonds. The average molecular weight is 288 g/mol. The Bertz CT molecular complexity index is 472. The fraction of sp³-hybridized carbons (Fsp3) is 0.529. The van der Waals surface area contributed by atoms with Gasteiger partial charge >= 0.3 is 0 Å². The van der Waals surface area contributed by atoms with E-state index in [1.807, 2.05) is 12.1 Å². The van der Waals surface area contributed by atoms with Crippen molar-refractivity contribution in [1.82, 2.24) is 10.6 Å². The van der Waals surface area contributed by atoms with Crippen LogP contribution in [0, 0.1) is 0 Å². The van der Waals surface area contributed by atoms with Crippen molar-refractivity contribution < 1.29 is 9.59 Å². The zero-order chi connectivity index (χ0) is 15.1. The number of benzene rings is 1. The standard InChI is InChI=1S/C17H24N2O2/c1-2-3-4-13-5-7-14(8-6-13)11-17(21)19-15-9-10-16(20)18-12-15/h5-8,15H,2-4,9-12H2,1H3,(H,18,20)(H,19,21). The zero-order valence-corrected chi connectivity index (χ0v) is 12.7. The molecule has 1 atom stereocenters. The minimum absolute atomic E-state index is 0.0254. The number of unbranched alkanes of at least 4 members (excludes halogenated alkanes) is 1. The lowest BCUT2D eigenvalue weighted by atomic mass is 10.0. The molecule has 21 heavy (non-hydrogen) atoms. The van der Waals surface area contributed by atoms with Crippen LogP contribution in [0.1, 0.15) is 43.7 Å². The van der Waals surface area contributed by atoms with Crippen LogP contribution >= 0.6 is 0 Å². The molecular formula is C17H24N2O2. The molecule has 1 aliphatic heterocycles. The summed E-state index contributed by atoms with van der Waals surface area (Å²) in [4.78, 5) is 23.1. The van der Waals surface area contributed by atoms with E-state index < -0.39 is 0 Å². The number of rotatable bonds is 6. The van der Waals surface area contributed by atoms with E-state index in [1.54, 1.807) is 0 Å². The molecule has 1 fully saturated rings. The number of aryl methyl sites for hydroxylation is 1. The molecule has 114 valence electrons. The number of hydrogen-bond acceptors (Lipinski definition) is 2. The van der Waals surface area contributed by atoms with E-state index in [4.69, 9.17) is 0 Å². The molecular weight excluding hydrogens is 264 g/mol. The first-order valence-electron chi connectivity index (χ1n) is 7.81. The molecule has 1 aliphatic rings. The highest BCUT2D eigenvalue weighted by atomic mass is 16.2. The number of hydrogen-bond donors (Lipinski definition) is 2. The summed E-state index contributed by atoms with van der Waals surface area (Å²) in [5, 5.41) is 5.76. The first-order chi connectivity index (χ1) is 10.2. The Balaban J connectivity index is 1.78. The van der Waals surface area contributed by atoms with Crippen LogP contribution in [0.2, 0.25) is 0 Å². The van der Waals surface area contributed by atoms with Gasteiger partial charge in [0, 0.05) is 19.0 Å². The maximum Gasteiger partial charge on any atom is 0.224 e. The van der Waals surface area contributed by atoms with Gasteiger partial charge in [-0.25, -0.2) is 0 Å². The van der Waals surface area contributed by atoms with Crippen LogP contribution in [0.15, 0.2) is 24.3 Å². The lowest BCUT2D eigenvalue weighted by molar-refractivity contribution is -0.125. The largest absolute Gasteiger partial charge is 0.354 e. The molecule has 1 heterocycles. The molecule has 1 unspecified atom stereocenters. The molecule has 4 nitrogen and oxygen atoms in total. The summed E-state index contributed by atoms with van der Waals surface area (Å²) in [5.74, 6) is 0.0978. The van der Waals surface area contributed by atoms with Gasteiger partial charge in [0.1, 0.15) is 0 Å². The van der Waals surface area contributed by atoms with Gasteiger partial charge in [0.15, 0.2) is 0 Å². The van der Waals surface area contributed by atoms with E-state index in [-0.39, 0.29) is 17.9 Å². The average Bonchev–Trinajstić information content (AvgIpc) is 2.49. The van der Waals surface area contributed by atoms with E-state index in [0.29, 0.717) is 19.4 Å². The molecule has 0 radical (unpaired) electrons. The van der Waals surface area contributed by atoms with E-state index in [2.05, 4.69) is 29.7 Å². The number of carbonyl (C=O) groups excluding carboxylic acids is 2. The van der Waals surface area contributed by atoms with E-state index in [1.165, 1.54) is 18.4 Å². The third kappa shape index (κ3) is 5.21. The van der Waals surface area contributed by atoms with Crippen LogP contribution in [0.4, 0.5) is 0 Å². The van der Waals surface area contributed by atoms with Crippen LogP contribution in [0.5, 0.6) is 0 Å². The Morgan fingerprint density at radius 1 is 1.29 bits per heavy atom. The number of nitrogens with one attached hydrogen (secondary N) is 2. The normalized spacial score (nSPS) is 18.1. The van der Waals surface area contributed by atoms with Gasteiger partial charge in [0.05, 0.1) is 6.42 Å². The smallest absolute Gasteiger partial charge is 0.224 e. The van der Waals surface area contributed by atoms with Crippen molar-refractivity contribution >= 4 is 11.8 Å². The third-order valence-corrected chi connectivity index (χ3v) is 3.84. The summed E-state index contributed by atoms with van der Waals surface area (Å²) in [5.41, 5.74) is 2.36. The topological polar surface area (TPSA) is 58.2 Å². The second-order valence-corrected chi connectivity index (χ2v) is 5.70. The zero-order valence-electron chi connectivity index (χ0n) is 12.7. The van der Waals surface area contributed by atoms with Crippen molar-refractivity contribution in [3.05, 3.63) is 35.4 Å². The highest BCUT2D eigenvalue weighted by molar-refractivity contribution is 5.80. The summed E-state index contributed by atoms with van der Waals surface area (Å²) >= 11 is 0. The van der Waals surface area contributed by atoms with Crippen molar-refractivity contribution in [2.45, 2.75) is 51.5 Å². The monoisotopic (exact) mass is 288 g/mol. The minimum Gasteiger partial charge on any atom is -0.354 e. The fourth-order valence-corrected chi connectivity index (χ4v) is 2.52. The summed E-state index contributed by atoms with van der Waals surface area (Å²) in [6.07, 6.45) is 5.13. The van der Waals surface area contributed by atoms with Crippen molar-refractivity contribution in [3.63, 3.8) is 0 Å². The van der Waals surface area contributed by atoms with Gasteiger partial charge in [0.2, 0.25) is 11.8 Å². The quantitative estimate of drug-likeness (QED) is 0.841. The molecule has 0 saturated carbocycles. The molecule has 4 heteroatoms. The molecule has 0 aromatic heterocycles. The van der Waals surface area contributed by atoms with Gasteiger partial charge in [-0.05, 0) is 30.4 Å². The minimum atomic E-state index is 0.0254. The predicted octanol–water partition coefficient (Wildman–Crippen LogP) is 1.97. The highest BCUT2D eigenvalue weighted by Gasteiger charge is 2.19. The first kappa shape index (κ1) is 15.5. The predicted molar refractivity (Wildman–Crippen MR) is 82.9 cm³/mol. The Labute approximate surface area is 126 Å². The summed E-state index contributed by atoms with van der Waals surface area (Å²) in [6, 6.07) is 8.36. The molecule has 0 aliphatic carbocycles. The maximum atomic E-state index is 12.0. The van der Waals surface area contributed by atoms with Crippen molar-refractivity contribution in [2.24, 2.45) is 0 Å². The first-order valence-corrected chi connectivity index (χ1v) is 7.81. The van der Waals surface area contributed by atoms with Gasteiger partial charge < -0.3 is 10.6 Å². The Kier molecular flexibility index (Phi) is 5.78. The number of piperidine rings is 1. The SMILES string of the molecule is CCCCc1ccc(CC(=O)NC2CCC(=O)NC2)cc1. The van der Waals surface area contributed by atoms with E-state index >= 15 is 0 Å². The second kappa shape index (κ2) is 7.81. The summed E-state index contributed by atoms with van der Waals surface area (Å²) < 4.78 is 0. The molecule has 1 saturated heterocycles. The van der Waals surface area contributed by atoms with Gasteiger partial charge in [-0.2, -0.15) is 0 Å². The van der Waals surface area contributed by atoms with E-state index in [0.717, 1.165) is 18.4 Å². The molecule has 0 bridgehead atoms. The Morgan fingerprint density at radius 2 is 2.00 bits per heavy atom. The van der Waals surface area contributed by atoms with Crippen LogP contribution in [0.3, 0.4) is 0 Å². The highest BCUT2D eigenvalue weighted by Crippen LogP contribution is 2.09. The van der Waals surface area contributed by atoms with Crippen LogP contribution in [-0.4, -0.2) is 24.4 Å². The van der Waals surface area contributed by atoms with Gasteiger partial charge in [-0.1, -0.05) is 37.6 Å². The molecule has 1 aromatic rings. The number of amides is 2. The lowest BCUT2D eigenvalue weighted by Crippen LogP contribution is -2.48. The Hall–Kier alpha value is -1.84. The summed E-state index contributed by atoms with van der Waals surface area (Å²) in [6.45, 7) is 2.73. The molecule has 1 aromatic carbocycles. The van der Waals surface area contributed by atoms with E-state index in [9.17, 15) is 9.59 Å². The van der Waals surface area contributed by atoms with Crippen LogP contribution < -0.4 is 10.6 Å². The molecule has 2 N–H and O–H groups in total. The fourth-order valence-electron chi connectivity index (χ4n) is 2.52. The third-order valence-electron chi connectivity index (χ3n) is 3.84. The molecule has 2 rings (SSSR count). The number of carbonyl (C=O) groups is 2. The maximum absolute atomic E-state index is 12.0. The van der Waals surface area contributed by atoms with Gasteiger partial charge in [0.25, 0.3) is 0 Å². The van der Waals surface area contributed by atoms with Gasteiger partial charge in [-0.3, -0.25) is 9.59 Å². The Morgan fingerprint density at radius 3 is 2.62 bits per heavy atom. The van der Waals surface area contributed by atoms with Gasteiger partial charge in [-0.15, -0.1) is 0 Å². The van der Waals surface area contributed by atoms with Crippen LogP contribution in [-0.2, 0) is 22.4 Å². The lowest BCUT2D eigenvalue weighted by Gasteiger charge is -2.23.